The maximum atomic E-state index is 13.1. The molecule has 0 aromatic carbocycles. The summed E-state index contributed by atoms with van der Waals surface area (Å²) < 4.78 is 5.23. The van der Waals surface area contributed by atoms with E-state index in [2.05, 4.69) is 10.6 Å². The molecule has 3 rings (SSSR count). The molecule has 2 amide bonds. The van der Waals surface area contributed by atoms with Gasteiger partial charge in [0.15, 0.2) is 0 Å². The fourth-order valence-corrected chi connectivity index (χ4v) is 5.59. The van der Waals surface area contributed by atoms with Gasteiger partial charge in [0.25, 0.3) is 0 Å². The van der Waals surface area contributed by atoms with Crippen LogP contribution >= 0.6 is 11.8 Å². The Kier molecular flexibility index (Phi) is 5.77. The van der Waals surface area contributed by atoms with Crippen LogP contribution in [-0.2, 0) is 19.1 Å². The molecule has 3 fully saturated rings. The number of carbonyl (C=O) groups is 4. The number of carbonyl (C=O) groups excluding carboxylic acids is 2. The van der Waals surface area contributed by atoms with Crippen LogP contribution in [0.4, 0.5) is 4.79 Å². The maximum Gasteiger partial charge on any atom is 0.408 e. The van der Waals surface area contributed by atoms with Gasteiger partial charge in [-0.15, -0.1) is 0 Å². The van der Waals surface area contributed by atoms with E-state index in [0.29, 0.717) is 12.2 Å². The molecule has 0 heterocycles. The second kappa shape index (κ2) is 7.62. The normalized spacial score (nSPS) is 31.4. The molecule has 1 spiro atoms. The summed E-state index contributed by atoms with van der Waals surface area (Å²) in [4.78, 5) is 49.2. The average molecular weight is 443 g/mol. The summed E-state index contributed by atoms with van der Waals surface area (Å²) in [5, 5.41) is 24.8. The van der Waals surface area contributed by atoms with E-state index in [9.17, 15) is 29.4 Å². The van der Waals surface area contributed by atoms with Crippen molar-refractivity contribution in [3.05, 3.63) is 0 Å². The van der Waals surface area contributed by atoms with Crippen molar-refractivity contribution in [3.63, 3.8) is 0 Å². The first-order valence-electron chi connectivity index (χ1n) is 10.1. The van der Waals surface area contributed by atoms with E-state index in [4.69, 9.17) is 4.74 Å². The van der Waals surface area contributed by atoms with E-state index >= 15 is 0 Å². The molecule has 0 aliphatic heterocycles. The molecular weight excluding hydrogens is 412 g/mol. The lowest BCUT2D eigenvalue weighted by molar-refractivity contribution is -0.150. The molecule has 3 saturated carbocycles. The fraction of sp³-hybridized carbons (Fsp3) is 0.800. The van der Waals surface area contributed by atoms with Crippen molar-refractivity contribution in [2.45, 2.75) is 63.6 Å². The van der Waals surface area contributed by atoms with Gasteiger partial charge in [0.1, 0.15) is 17.2 Å². The van der Waals surface area contributed by atoms with Crippen molar-refractivity contribution in [3.8, 4) is 0 Å². The molecule has 10 heteroatoms. The monoisotopic (exact) mass is 442 g/mol. The Morgan fingerprint density at radius 3 is 2.27 bits per heavy atom. The van der Waals surface area contributed by atoms with Crippen LogP contribution in [0.5, 0.6) is 0 Å². The first-order chi connectivity index (χ1) is 13.9. The Balaban J connectivity index is 1.78. The van der Waals surface area contributed by atoms with Crippen LogP contribution in [0, 0.1) is 23.2 Å². The third kappa shape index (κ3) is 4.10. The van der Waals surface area contributed by atoms with Crippen LogP contribution in [0.1, 0.15) is 46.5 Å². The number of rotatable bonds is 8. The van der Waals surface area contributed by atoms with Crippen LogP contribution in [0.2, 0.25) is 0 Å². The van der Waals surface area contributed by atoms with Gasteiger partial charge in [-0.3, -0.25) is 9.59 Å². The van der Waals surface area contributed by atoms with E-state index in [1.54, 1.807) is 20.8 Å². The Bertz CT molecular complexity index is 761. The highest BCUT2D eigenvalue weighted by Crippen LogP contribution is 2.78. The quantitative estimate of drug-likeness (QED) is 0.445. The number of hydrogen-bond donors (Lipinski definition) is 4. The van der Waals surface area contributed by atoms with Gasteiger partial charge in [0, 0.05) is 5.92 Å². The van der Waals surface area contributed by atoms with Gasteiger partial charge in [-0.05, 0) is 69.8 Å². The second-order valence-corrected chi connectivity index (χ2v) is 10.7. The minimum absolute atomic E-state index is 0.213. The maximum absolute atomic E-state index is 13.1. The topological polar surface area (TPSA) is 142 Å². The Morgan fingerprint density at radius 2 is 1.80 bits per heavy atom. The smallest absolute Gasteiger partial charge is 0.408 e. The molecule has 0 aromatic heterocycles. The van der Waals surface area contributed by atoms with E-state index < -0.39 is 53.0 Å². The van der Waals surface area contributed by atoms with Crippen molar-refractivity contribution < 1.29 is 34.1 Å². The van der Waals surface area contributed by atoms with Crippen LogP contribution in [0.15, 0.2) is 0 Å². The molecule has 0 radical (unpaired) electrons. The molecule has 0 saturated heterocycles. The van der Waals surface area contributed by atoms with Gasteiger partial charge in [-0.25, -0.2) is 9.59 Å². The molecule has 30 heavy (non-hydrogen) atoms. The van der Waals surface area contributed by atoms with E-state index in [1.165, 1.54) is 11.8 Å². The third-order valence-electron chi connectivity index (χ3n) is 6.45. The van der Waals surface area contributed by atoms with Crippen molar-refractivity contribution in [1.29, 1.82) is 0 Å². The number of carboxylic acids is 2. The lowest BCUT2D eigenvalue weighted by Gasteiger charge is -2.32. The van der Waals surface area contributed by atoms with Gasteiger partial charge in [-0.1, -0.05) is 0 Å². The number of thioether (sulfide) groups is 1. The summed E-state index contributed by atoms with van der Waals surface area (Å²) in [5.41, 5.74) is -2.66. The largest absolute Gasteiger partial charge is 0.481 e. The number of amides is 2. The number of fused-ring (bicyclic) bond motifs is 2. The summed E-state index contributed by atoms with van der Waals surface area (Å²) in [6.45, 7) is 5.11. The number of aliphatic carboxylic acids is 2. The number of ether oxygens (including phenoxy) is 1. The molecule has 0 bridgehead atoms. The number of nitrogens with one attached hydrogen (secondary N) is 2. The number of carboxylic acid groups (broad SMARTS) is 2. The standard InChI is InChI=1S/C20H30N2O7S/c1-18(2,3)29-17(28)21-10(5-8-30-4)14(23)22-20(16(26)27)9-19(6-7-19)12-11(13(12)20)15(24)25/h10-13H,5-9H2,1-4H3,(H,21,28)(H,22,23)(H,24,25)(H,26,27). The van der Waals surface area contributed by atoms with Gasteiger partial charge in [0.2, 0.25) is 5.91 Å². The van der Waals surface area contributed by atoms with Gasteiger partial charge in [-0.2, -0.15) is 11.8 Å². The van der Waals surface area contributed by atoms with Gasteiger partial charge < -0.3 is 25.6 Å². The minimum atomic E-state index is -1.62. The summed E-state index contributed by atoms with van der Waals surface area (Å²) in [7, 11) is 0. The lowest BCUT2D eigenvalue weighted by Crippen LogP contribution is -2.61. The molecule has 168 valence electrons. The van der Waals surface area contributed by atoms with Crippen molar-refractivity contribution in [2.75, 3.05) is 12.0 Å². The van der Waals surface area contributed by atoms with Gasteiger partial charge in [0.05, 0.1) is 5.92 Å². The Labute approximate surface area is 179 Å². The minimum Gasteiger partial charge on any atom is -0.481 e. The average Bonchev–Trinajstić information content (AvgIpc) is 3.48. The molecule has 5 unspecified atom stereocenters. The summed E-state index contributed by atoms with van der Waals surface area (Å²) in [6.07, 6.45) is 3.21. The van der Waals surface area contributed by atoms with E-state index in [1.807, 2.05) is 6.26 Å². The molecule has 0 aromatic rings. The molecule has 5 atom stereocenters. The van der Waals surface area contributed by atoms with Crippen LogP contribution in [0.25, 0.3) is 0 Å². The highest BCUT2D eigenvalue weighted by Gasteiger charge is 2.82. The zero-order valence-corrected chi connectivity index (χ0v) is 18.5. The summed E-state index contributed by atoms with van der Waals surface area (Å²) in [6, 6.07) is -0.972. The third-order valence-corrected chi connectivity index (χ3v) is 7.09. The summed E-state index contributed by atoms with van der Waals surface area (Å²) in [5.74, 6) is -3.86. The second-order valence-electron chi connectivity index (χ2n) is 9.70. The molecule has 9 nitrogen and oxygen atoms in total. The van der Waals surface area contributed by atoms with Crippen LogP contribution in [-0.4, -0.2) is 63.3 Å². The molecular formula is C20H30N2O7S. The van der Waals surface area contributed by atoms with Gasteiger partial charge >= 0.3 is 18.0 Å². The SMILES string of the molecule is CSCCC(NC(=O)OC(C)(C)C)C(=O)NC1(C(=O)O)CC2(CC2)C2C(C(=O)O)C21. The van der Waals surface area contributed by atoms with Crippen LogP contribution in [0.3, 0.4) is 0 Å². The predicted octanol–water partition coefficient (Wildman–Crippen LogP) is 1.70. The van der Waals surface area contributed by atoms with E-state index in [0.717, 1.165) is 12.8 Å². The zero-order valence-electron chi connectivity index (χ0n) is 17.7. The fourth-order valence-electron chi connectivity index (χ4n) is 5.12. The highest BCUT2D eigenvalue weighted by atomic mass is 32.2. The molecule has 4 N–H and O–H groups in total. The summed E-state index contributed by atoms with van der Waals surface area (Å²) >= 11 is 1.49. The van der Waals surface area contributed by atoms with Crippen LogP contribution < -0.4 is 10.6 Å². The number of alkyl carbamates (subject to hydrolysis) is 1. The van der Waals surface area contributed by atoms with Crippen molar-refractivity contribution >= 4 is 35.7 Å². The molecule has 3 aliphatic rings. The van der Waals surface area contributed by atoms with Crippen molar-refractivity contribution in [1.82, 2.24) is 10.6 Å². The zero-order chi connectivity index (χ0) is 22.5. The Hall–Kier alpha value is -1.97. The predicted molar refractivity (Wildman–Crippen MR) is 109 cm³/mol. The van der Waals surface area contributed by atoms with Crippen molar-refractivity contribution in [2.24, 2.45) is 23.2 Å². The Morgan fingerprint density at radius 1 is 1.17 bits per heavy atom. The van der Waals surface area contributed by atoms with E-state index in [-0.39, 0.29) is 17.8 Å². The molecule has 3 aliphatic carbocycles. The highest BCUT2D eigenvalue weighted by molar-refractivity contribution is 7.98. The number of hydrogen-bond acceptors (Lipinski definition) is 6. The lowest BCUT2D eigenvalue weighted by atomic mass is 9.84. The first kappa shape index (κ1) is 22.7. The first-order valence-corrected chi connectivity index (χ1v) is 11.5.